The second-order valence-corrected chi connectivity index (χ2v) is 5.23. The standard InChI is InChI=1S/C15H24F2N2/c1-5-19(9-11(2)3)10-14(18-4)12-7-6-8-13(16)15(12)17/h6-8,11,14,18H,5,9-10H2,1-4H3. The molecule has 0 fully saturated rings. The van der Waals surface area contributed by atoms with Crippen LogP contribution >= 0.6 is 0 Å². The Morgan fingerprint density at radius 3 is 2.42 bits per heavy atom. The number of halogens is 2. The normalized spacial score (nSPS) is 13.3. The monoisotopic (exact) mass is 270 g/mol. The molecule has 0 aliphatic rings. The zero-order valence-corrected chi connectivity index (χ0v) is 12.2. The molecule has 0 saturated carbocycles. The minimum atomic E-state index is -0.787. The van der Waals surface area contributed by atoms with Crippen molar-refractivity contribution >= 4 is 0 Å². The number of nitrogens with one attached hydrogen (secondary N) is 1. The highest BCUT2D eigenvalue weighted by molar-refractivity contribution is 5.22. The van der Waals surface area contributed by atoms with Crippen LogP contribution in [0.1, 0.15) is 32.4 Å². The minimum absolute atomic E-state index is 0.200. The molecule has 0 aliphatic carbocycles. The molecule has 2 nitrogen and oxygen atoms in total. The molecule has 19 heavy (non-hydrogen) atoms. The average Bonchev–Trinajstić information content (AvgIpc) is 2.37. The quantitative estimate of drug-likeness (QED) is 0.818. The van der Waals surface area contributed by atoms with Crippen LogP contribution in [0.15, 0.2) is 18.2 Å². The Labute approximate surface area is 114 Å². The summed E-state index contributed by atoms with van der Waals surface area (Å²) in [6.07, 6.45) is 0. The van der Waals surface area contributed by atoms with Crippen LogP contribution in [0.5, 0.6) is 0 Å². The lowest BCUT2D eigenvalue weighted by molar-refractivity contribution is 0.230. The summed E-state index contributed by atoms with van der Waals surface area (Å²) in [5, 5.41) is 3.08. The summed E-state index contributed by atoms with van der Waals surface area (Å²) in [4.78, 5) is 2.25. The first-order valence-electron chi connectivity index (χ1n) is 6.83. The fraction of sp³-hybridized carbons (Fsp3) is 0.600. The van der Waals surface area contributed by atoms with Crippen molar-refractivity contribution in [3.8, 4) is 0 Å². The first-order chi connectivity index (χ1) is 8.99. The van der Waals surface area contributed by atoms with Gasteiger partial charge in [-0.2, -0.15) is 0 Å². The van der Waals surface area contributed by atoms with E-state index in [1.165, 1.54) is 0 Å². The Kier molecular flexibility index (Phi) is 6.38. The molecule has 1 aromatic carbocycles. The van der Waals surface area contributed by atoms with Gasteiger partial charge in [-0.1, -0.05) is 32.9 Å². The van der Waals surface area contributed by atoms with Crippen molar-refractivity contribution in [3.05, 3.63) is 35.4 Å². The number of likely N-dealkylation sites (N-methyl/N-ethyl adjacent to an activating group) is 2. The molecule has 1 rings (SSSR count). The molecule has 1 unspecified atom stereocenters. The van der Waals surface area contributed by atoms with Crippen molar-refractivity contribution in [2.75, 3.05) is 26.7 Å². The molecule has 1 N–H and O–H groups in total. The third kappa shape index (κ3) is 4.55. The topological polar surface area (TPSA) is 15.3 Å². The van der Waals surface area contributed by atoms with Gasteiger partial charge in [-0.3, -0.25) is 0 Å². The zero-order valence-electron chi connectivity index (χ0n) is 12.2. The third-order valence-corrected chi connectivity index (χ3v) is 3.22. The number of hydrogen-bond donors (Lipinski definition) is 1. The number of hydrogen-bond acceptors (Lipinski definition) is 2. The summed E-state index contributed by atoms with van der Waals surface area (Å²) in [6, 6.07) is 4.14. The fourth-order valence-corrected chi connectivity index (χ4v) is 2.24. The maximum atomic E-state index is 13.8. The Balaban J connectivity index is 2.85. The molecule has 0 aromatic heterocycles. The van der Waals surface area contributed by atoms with Crippen molar-refractivity contribution in [1.29, 1.82) is 0 Å². The molecule has 0 bridgehead atoms. The van der Waals surface area contributed by atoms with E-state index in [9.17, 15) is 8.78 Å². The molecule has 0 spiro atoms. The van der Waals surface area contributed by atoms with Crippen molar-refractivity contribution in [1.82, 2.24) is 10.2 Å². The predicted molar refractivity (Wildman–Crippen MR) is 75.1 cm³/mol. The maximum Gasteiger partial charge on any atom is 0.163 e. The van der Waals surface area contributed by atoms with E-state index in [2.05, 4.69) is 31.0 Å². The summed E-state index contributed by atoms with van der Waals surface area (Å²) in [5.74, 6) is -0.984. The molecule has 0 heterocycles. The Morgan fingerprint density at radius 1 is 1.21 bits per heavy atom. The first kappa shape index (κ1) is 16.1. The Morgan fingerprint density at radius 2 is 1.89 bits per heavy atom. The Bertz CT molecular complexity index is 394. The second kappa shape index (κ2) is 7.56. The maximum absolute atomic E-state index is 13.8. The van der Waals surface area contributed by atoms with Crippen LogP contribution in [0.2, 0.25) is 0 Å². The smallest absolute Gasteiger partial charge is 0.163 e. The van der Waals surface area contributed by atoms with Gasteiger partial charge in [0.15, 0.2) is 11.6 Å². The van der Waals surface area contributed by atoms with Gasteiger partial charge in [-0.05, 0) is 25.6 Å². The van der Waals surface area contributed by atoms with Gasteiger partial charge < -0.3 is 10.2 Å². The molecule has 108 valence electrons. The van der Waals surface area contributed by atoms with Crippen molar-refractivity contribution in [2.45, 2.75) is 26.8 Å². The summed E-state index contributed by atoms with van der Waals surface area (Å²) in [7, 11) is 1.78. The molecular weight excluding hydrogens is 246 g/mol. The minimum Gasteiger partial charge on any atom is -0.312 e. The molecule has 4 heteroatoms. The van der Waals surface area contributed by atoms with Crippen molar-refractivity contribution < 1.29 is 8.78 Å². The van der Waals surface area contributed by atoms with Crippen molar-refractivity contribution in [3.63, 3.8) is 0 Å². The van der Waals surface area contributed by atoms with Gasteiger partial charge in [-0.15, -0.1) is 0 Å². The fourth-order valence-electron chi connectivity index (χ4n) is 2.24. The molecule has 1 atom stereocenters. The van der Waals surface area contributed by atoms with E-state index in [0.29, 0.717) is 18.0 Å². The van der Waals surface area contributed by atoms with E-state index < -0.39 is 11.6 Å². The molecule has 0 amide bonds. The molecule has 0 radical (unpaired) electrons. The molecule has 0 saturated heterocycles. The summed E-state index contributed by atoms with van der Waals surface area (Å²) < 4.78 is 27.1. The second-order valence-electron chi connectivity index (χ2n) is 5.23. The van der Waals surface area contributed by atoms with Gasteiger partial charge in [0.25, 0.3) is 0 Å². The van der Waals surface area contributed by atoms with Crippen molar-refractivity contribution in [2.24, 2.45) is 5.92 Å². The lowest BCUT2D eigenvalue weighted by atomic mass is 10.0. The SMILES string of the molecule is CCN(CC(C)C)CC(NC)c1cccc(F)c1F. The highest BCUT2D eigenvalue weighted by Gasteiger charge is 2.19. The van der Waals surface area contributed by atoms with Crippen LogP contribution in [-0.2, 0) is 0 Å². The van der Waals surface area contributed by atoms with E-state index in [1.807, 2.05) is 0 Å². The van der Waals surface area contributed by atoms with Gasteiger partial charge in [0.2, 0.25) is 0 Å². The van der Waals surface area contributed by atoms with E-state index in [1.54, 1.807) is 19.2 Å². The molecule has 0 aliphatic heterocycles. The predicted octanol–water partition coefficient (Wildman–Crippen LogP) is 3.20. The van der Waals surface area contributed by atoms with Crippen LogP contribution in [-0.4, -0.2) is 31.6 Å². The Hall–Kier alpha value is -1.00. The molecular formula is C15H24F2N2. The van der Waals surface area contributed by atoms with E-state index in [4.69, 9.17) is 0 Å². The average molecular weight is 270 g/mol. The van der Waals surface area contributed by atoms with Crippen LogP contribution in [0.3, 0.4) is 0 Å². The van der Waals surface area contributed by atoms with E-state index >= 15 is 0 Å². The number of rotatable bonds is 7. The van der Waals surface area contributed by atoms with Crippen LogP contribution in [0.25, 0.3) is 0 Å². The van der Waals surface area contributed by atoms with Gasteiger partial charge in [0.05, 0.1) is 0 Å². The lowest BCUT2D eigenvalue weighted by Crippen LogP contribution is -2.36. The number of nitrogens with zero attached hydrogens (tertiary/aromatic N) is 1. The lowest BCUT2D eigenvalue weighted by Gasteiger charge is -2.28. The third-order valence-electron chi connectivity index (χ3n) is 3.22. The first-order valence-corrected chi connectivity index (χ1v) is 6.83. The molecule has 1 aromatic rings. The van der Waals surface area contributed by atoms with Gasteiger partial charge in [-0.25, -0.2) is 8.78 Å². The largest absolute Gasteiger partial charge is 0.312 e. The van der Waals surface area contributed by atoms with Crippen LogP contribution < -0.4 is 5.32 Å². The van der Waals surface area contributed by atoms with Crippen LogP contribution in [0, 0.1) is 17.6 Å². The van der Waals surface area contributed by atoms with Crippen LogP contribution in [0.4, 0.5) is 8.78 Å². The highest BCUT2D eigenvalue weighted by Crippen LogP contribution is 2.20. The highest BCUT2D eigenvalue weighted by atomic mass is 19.2. The van der Waals surface area contributed by atoms with E-state index in [0.717, 1.165) is 19.2 Å². The summed E-state index contributed by atoms with van der Waals surface area (Å²) in [5.41, 5.74) is 0.393. The van der Waals surface area contributed by atoms with Gasteiger partial charge in [0.1, 0.15) is 0 Å². The van der Waals surface area contributed by atoms with E-state index in [-0.39, 0.29) is 6.04 Å². The summed E-state index contributed by atoms with van der Waals surface area (Å²) >= 11 is 0. The van der Waals surface area contributed by atoms with Gasteiger partial charge >= 0.3 is 0 Å². The van der Waals surface area contributed by atoms with Gasteiger partial charge in [0, 0.05) is 24.7 Å². The summed E-state index contributed by atoms with van der Waals surface area (Å²) in [6.45, 7) is 8.90. The zero-order chi connectivity index (χ0) is 14.4. The number of benzene rings is 1.